The van der Waals surface area contributed by atoms with Crippen LogP contribution in [0.1, 0.15) is 19.8 Å². The molecule has 1 aliphatic rings. The van der Waals surface area contributed by atoms with Crippen LogP contribution in [-0.2, 0) is 0 Å². The molecule has 0 aromatic rings. The van der Waals surface area contributed by atoms with Gasteiger partial charge >= 0.3 is 6.18 Å². The molecule has 2 unspecified atom stereocenters. The van der Waals surface area contributed by atoms with Crippen LogP contribution >= 0.6 is 0 Å². The van der Waals surface area contributed by atoms with Crippen molar-refractivity contribution in [1.82, 2.24) is 9.80 Å². The van der Waals surface area contributed by atoms with Gasteiger partial charge in [0.15, 0.2) is 0 Å². The molecule has 1 heterocycles. The van der Waals surface area contributed by atoms with Gasteiger partial charge in [-0.15, -0.1) is 0 Å². The van der Waals surface area contributed by atoms with Crippen molar-refractivity contribution < 1.29 is 13.2 Å². The largest absolute Gasteiger partial charge is 0.404 e. The zero-order valence-corrected chi connectivity index (χ0v) is 10.5. The van der Waals surface area contributed by atoms with E-state index in [4.69, 9.17) is 5.73 Å². The molecule has 0 bridgehead atoms. The number of rotatable bonds is 3. The van der Waals surface area contributed by atoms with Gasteiger partial charge in [-0.3, -0.25) is 4.90 Å². The number of hydrogen-bond acceptors (Lipinski definition) is 3. The van der Waals surface area contributed by atoms with Gasteiger partial charge in [-0.1, -0.05) is 0 Å². The molecule has 0 radical (unpaired) electrons. The van der Waals surface area contributed by atoms with Crippen LogP contribution in [-0.4, -0.2) is 61.3 Å². The maximum Gasteiger partial charge on any atom is 0.404 e. The molecule has 1 rings (SSSR count). The van der Waals surface area contributed by atoms with Gasteiger partial charge < -0.3 is 10.6 Å². The molecule has 0 amide bonds. The van der Waals surface area contributed by atoms with Gasteiger partial charge in [0, 0.05) is 19.1 Å². The molecule has 0 aromatic carbocycles. The summed E-state index contributed by atoms with van der Waals surface area (Å²) in [4.78, 5) is 3.65. The van der Waals surface area contributed by atoms with Crippen molar-refractivity contribution in [2.24, 2.45) is 5.73 Å². The Labute approximate surface area is 101 Å². The van der Waals surface area contributed by atoms with E-state index in [1.807, 2.05) is 14.0 Å². The van der Waals surface area contributed by atoms with Gasteiger partial charge in [-0.2, -0.15) is 13.2 Å². The van der Waals surface area contributed by atoms with Crippen molar-refractivity contribution in [3.8, 4) is 0 Å². The highest BCUT2D eigenvalue weighted by Crippen LogP contribution is 2.29. The average molecular weight is 253 g/mol. The third-order valence-electron chi connectivity index (χ3n) is 3.32. The SMILES string of the molecule is CC1CN(C)CCCN1C(CCN)C(F)(F)F. The van der Waals surface area contributed by atoms with Crippen LogP contribution in [0.15, 0.2) is 0 Å². The van der Waals surface area contributed by atoms with Crippen molar-refractivity contribution >= 4 is 0 Å². The first-order valence-corrected chi connectivity index (χ1v) is 6.07. The predicted octanol–water partition coefficient (Wildman–Crippen LogP) is 1.29. The molecule has 1 fully saturated rings. The summed E-state index contributed by atoms with van der Waals surface area (Å²) in [6.07, 6.45) is -3.42. The summed E-state index contributed by atoms with van der Waals surface area (Å²) in [5.41, 5.74) is 5.31. The Balaban J connectivity index is 2.77. The van der Waals surface area contributed by atoms with E-state index in [0.717, 1.165) is 13.0 Å². The normalized spacial score (nSPS) is 26.8. The molecule has 0 saturated carbocycles. The lowest BCUT2D eigenvalue weighted by Gasteiger charge is -2.36. The second kappa shape index (κ2) is 6.02. The number of nitrogens with zero attached hydrogens (tertiary/aromatic N) is 2. The molecule has 1 aliphatic heterocycles. The summed E-state index contributed by atoms with van der Waals surface area (Å²) < 4.78 is 39.0. The fourth-order valence-corrected chi connectivity index (χ4v) is 2.53. The van der Waals surface area contributed by atoms with Crippen molar-refractivity contribution in [2.45, 2.75) is 38.0 Å². The molecule has 0 aliphatic carbocycles. The average Bonchev–Trinajstić information content (AvgIpc) is 2.34. The van der Waals surface area contributed by atoms with Gasteiger partial charge in [0.2, 0.25) is 0 Å². The zero-order valence-electron chi connectivity index (χ0n) is 10.5. The van der Waals surface area contributed by atoms with Crippen LogP contribution in [0.5, 0.6) is 0 Å². The topological polar surface area (TPSA) is 32.5 Å². The lowest BCUT2D eigenvalue weighted by molar-refractivity contribution is -0.189. The first-order valence-electron chi connectivity index (χ1n) is 6.07. The van der Waals surface area contributed by atoms with E-state index in [9.17, 15) is 13.2 Å². The van der Waals surface area contributed by atoms with Crippen molar-refractivity contribution in [3.63, 3.8) is 0 Å². The first kappa shape index (κ1) is 14.7. The van der Waals surface area contributed by atoms with Crippen molar-refractivity contribution in [2.75, 3.05) is 33.2 Å². The highest BCUT2D eigenvalue weighted by molar-refractivity contribution is 4.85. The minimum Gasteiger partial charge on any atom is -0.330 e. The highest BCUT2D eigenvalue weighted by atomic mass is 19.4. The molecule has 2 N–H and O–H groups in total. The third-order valence-corrected chi connectivity index (χ3v) is 3.32. The summed E-state index contributed by atoms with van der Waals surface area (Å²) in [6, 6.07) is -1.48. The van der Waals surface area contributed by atoms with Crippen LogP contribution in [0.25, 0.3) is 0 Å². The van der Waals surface area contributed by atoms with Crippen molar-refractivity contribution in [3.05, 3.63) is 0 Å². The van der Waals surface area contributed by atoms with E-state index in [0.29, 0.717) is 13.1 Å². The molecule has 3 nitrogen and oxygen atoms in total. The number of alkyl halides is 3. The van der Waals surface area contributed by atoms with E-state index in [1.54, 1.807) is 4.90 Å². The fraction of sp³-hybridized carbons (Fsp3) is 1.00. The van der Waals surface area contributed by atoms with Crippen LogP contribution in [0.3, 0.4) is 0 Å². The number of halogens is 3. The minimum atomic E-state index is -4.18. The predicted molar refractivity (Wildman–Crippen MR) is 61.8 cm³/mol. The highest BCUT2D eigenvalue weighted by Gasteiger charge is 2.44. The maximum absolute atomic E-state index is 13.0. The fourth-order valence-electron chi connectivity index (χ4n) is 2.53. The van der Waals surface area contributed by atoms with Gasteiger partial charge in [0.05, 0.1) is 0 Å². The summed E-state index contributed by atoms with van der Waals surface area (Å²) in [6.45, 7) is 3.96. The van der Waals surface area contributed by atoms with Crippen LogP contribution < -0.4 is 5.73 Å². The van der Waals surface area contributed by atoms with E-state index in [2.05, 4.69) is 4.90 Å². The van der Waals surface area contributed by atoms with Gasteiger partial charge in [0.25, 0.3) is 0 Å². The lowest BCUT2D eigenvalue weighted by Crippen LogP contribution is -2.52. The summed E-state index contributed by atoms with van der Waals surface area (Å²) >= 11 is 0. The molecular weight excluding hydrogens is 231 g/mol. The maximum atomic E-state index is 13.0. The molecule has 17 heavy (non-hydrogen) atoms. The number of nitrogens with two attached hydrogens (primary N) is 1. The standard InChI is InChI=1S/C11H22F3N3/c1-9-8-16(2)6-3-7-17(9)10(4-5-15)11(12,13)14/h9-10H,3-8,15H2,1-2H3. The quantitative estimate of drug-likeness (QED) is 0.822. The first-order chi connectivity index (χ1) is 7.86. The van der Waals surface area contributed by atoms with Crippen molar-refractivity contribution in [1.29, 1.82) is 0 Å². The molecule has 6 heteroatoms. The molecular formula is C11H22F3N3. The number of hydrogen-bond donors (Lipinski definition) is 1. The second-order valence-corrected chi connectivity index (χ2v) is 4.84. The molecule has 1 saturated heterocycles. The van der Waals surface area contributed by atoms with E-state index >= 15 is 0 Å². The summed E-state index contributed by atoms with van der Waals surface area (Å²) in [5, 5.41) is 0. The van der Waals surface area contributed by atoms with E-state index in [1.165, 1.54) is 0 Å². The summed E-state index contributed by atoms with van der Waals surface area (Å²) in [7, 11) is 1.95. The van der Waals surface area contributed by atoms with Crippen LogP contribution in [0, 0.1) is 0 Å². The molecule has 0 spiro atoms. The van der Waals surface area contributed by atoms with Gasteiger partial charge in [-0.25, -0.2) is 0 Å². The van der Waals surface area contributed by atoms with Crippen LogP contribution in [0.2, 0.25) is 0 Å². The minimum absolute atomic E-state index is 0.0163. The Morgan fingerprint density at radius 2 is 2.00 bits per heavy atom. The second-order valence-electron chi connectivity index (χ2n) is 4.84. The monoisotopic (exact) mass is 253 g/mol. The smallest absolute Gasteiger partial charge is 0.330 e. The van der Waals surface area contributed by atoms with Gasteiger partial charge in [-0.05, 0) is 39.9 Å². The van der Waals surface area contributed by atoms with E-state index < -0.39 is 12.2 Å². The molecule has 2 atom stereocenters. The Hall–Kier alpha value is -0.330. The molecule has 102 valence electrons. The Bertz CT molecular complexity index is 232. The molecule has 0 aromatic heterocycles. The lowest BCUT2D eigenvalue weighted by atomic mass is 10.1. The van der Waals surface area contributed by atoms with E-state index in [-0.39, 0.29) is 19.0 Å². The summed E-state index contributed by atoms with van der Waals surface area (Å²) in [5.74, 6) is 0. The number of likely N-dealkylation sites (N-methyl/N-ethyl adjacent to an activating group) is 1. The third kappa shape index (κ3) is 4.12. The Morgan fingerprint density at radius 3 is 2.53 bits per heavy atom. The Morgan fingerprint density at radius 1 is 1.35 bits per heavy atom. The Kier molecular flexibility index (Phi) is 5.22. The zero-order chi connectivity index (χ0) is 13.1. The van der Waals surface area contributed by atoms with Crippen LogP contribution in [0.4, 0.5) is 13.2 Å². The van der Waals surface area contributed by atoms with Gasteiger partial charge in [0.1, 0.15) is 6.04 Å².